The van der Waals surface area contributed by atoms with E-state index >= 15 is 0 Å². The van der Waals surface area contributed by atoms with E-state index in [0.717, 1.165) is 18.7 Å². The zero-order chi connectivity index (χ0) is 12.6. The van der Waals surface area contributed by atoms with Gasteiger partial charge in [0.15, 0.2) is 0 Å². The molecule has 0 radical (unpaired) electrons. The molecule has 0 saturated carbocycles. The van der Waals surface area contributed by atoms with E-state index in [9.17, 15) is 4.79 Å². The highest BCUT2D eigenvalue weighted by Gasteiger charge is 2.26. The zero-order valence-corrected chi connectivity index (χ0v) is 10.7. The molecule has 0 bridgehead atoms. The summed E-state index contributed by atoms with van der Waals surface area (Å²) in [6.07, 6.45) is 0.168. The summed E-state index contributed by atoms with van der Waals surface area (Å²) in [7, 11) is 2.10. The van der Waals surface area contributed by atoms with Crippen molar-refractivity contribution in [2.45, 2.75) is 38.8 Å². The molecule has 1 heterocycles. The second kappa shape index (κ2) is 4.15. The molecule has 0 aromatic heterocycles. The van der Waals surface area contributed by atoms with E-state index in [4.69, 9.17) is 5.11 Å². The summed E-state index contributed by atoms with van der Waals surface area (Å²) in [5.41, 5.74) is 3.52. The van der Waals surface area contributed by atoms with Gasteiger partial charge in [-0.25, -0.2) is 0 Å². The molecule has 0 amide bonds. The highest BCUT2D eigenvalue weighted by molar-refractivity contribution is 5.69. The average Bonchev–Trinajstić information content (AvgIpc) is 2.54. The van der Waals surface area contributed by atoms with E-state index in [1.165, 1.54) is 11.1 Å². The van der Waals surface area contributed by atoms with Crippen molar-refractivity contribution in [3.05, 3.63) is 34.9 Å². The van der Waals surface area contributed by atoms with Crippen LogP contribution >= 0.6 is 0 Å². The number of fused-ring (bicyclic) bond motifs is 1. The first-order chi connectivity index (χ1) is 7.88. The van der Waals surface area contributed by atoms with Gasteiger partial charge in [0.2, 0.25) is 0 Å². The van der Waals surface area contributed by atoms with Crippen molar-refractivity contribution in [3.63, 3.8) is 0 Å². The molecule has 1 N–H and O–H groups in total. The Morgan fingerprint density at radius 1 is 1.35 bits per heavy atom. The van der Waals surface area contributed by atoms with Gasteiger partial charge in [-0.1, -0.05) is 32.0 Å². The standard InChI is InChI=1S/C14H19NO2/c1-14(2,7-13(16)17)12-5-4-10-8-15(3)9-11(10)6-12/h4-6H,7-9H2,1-3H3,(H,16,17). The summed E-state index contributed by atoms with van der Waals surface area (Å²) in [5.74, 6) is -0.743. The van der Waals surface area contributed by atoms with Gasteiger partial charge in [-0.3, -0.25) is 9.69 Å². The van der Waals surface area contributed by atoms with Crippen molar-refractivity contribution >= 4 is 5.97 Å². The number of hydrogen-bond acceptors (Lipinski definition) is 2. The molecule has 1 aromatic rings. The summed E-state index contributed by atoms with van der Waals surface area (Å²) in [6, 6.07) is 6.38. The Hall–Kier alpha value is -1.35. The van der Waals surface area contributed by atoms with Gasteiger partial charge < -0.3 is 5.11 Å². The molecule has 1 aliphatic rings. The molecule has 2 rings (SSSR count). The zero-order valence-electron chi connectivity index (χ0n) is 10.7. The largest absolute Gasteiger partial charge is 0.481 e. The minimum absolute atomic E-state index is 0.168. The highest BCUT2D eigenvalue weighted by atomic mass is 16.4. The van der Waals surface area contributed by atoms with Crippen LogP contribution in [0.4, 0.5) is 0 Å². The predicted molar refractivity (Wildman–Crippen MR) is 66.9 cm³/mol. The Labute approximate surface area is 102 Å². The smallest absolute Gasteiger partial charge is 0.304 e. The number of benzene rings is 1. The van der Waals surface area contributed by atoms with Crippen LogP contribution in [0.15, 0.2) is 18.2 Å². The summed E-state index contributed by atoms with van der Waals surface area (Å²) < 4.78 is 0. The third kappa shape index (κ3) is 2.50. The maximum Gasteiger partial charge on any atom is 0.304 e. The fraction of sp³-hybridized carbons (Fsp3) is 0.500. The van der Waals surface area contributed by atoms with Crippen LogP contribution < -0.4 is 0 Å². The van der Waals surface area contributed by atoms with E-state index in [1.807, 2.05) is 13.8 Å². The minimum Gasteiger partial charge on any atom is -0.481 e. The van der Waals surface area contributed by atoms with E-state index in [2.05, 4.69) is 30.1 Å². The van der Waals surface area contributed by atoms with Gasteiger partial charge in [0.1, 0.15) is 0 Å². The minimum atomic E-state index is -0.743. The number of hydrogen-bond donors (Lipinski definition) is 1. The average molecular weight is 233 g/mol. The third-order valence-corrected chi connectivity index (χ3v) is 3.46. The first-order valence-electron chi connectivity index (χ1n) is 5.91. The van der Waals surface area contributed by atoms with Crippen molar-refractivity contribution in [2.75, 3.05) is 7.05 Å². The van der Waals surface area contributed by atoms with Crippen LogP contribution in [0, 0.1) is 0 Å². The van der Waals surface area contributed by atoms with Gasteiger partial charge >= 0.3 is 5.97 Å². The number of rotatable bonds is 3. The van der Waals surface area contributed by atoms with Crippen molar-refractivity contribution in [1.82, 2.24) is 4.90 Å². The van der Waals surface area contributed by atoms with Gasteiger partial charge in [0, 0.05) is 18.5 Å². The van der Waals surface area contributed by atoms with Crippen LogP contribution in [-0.2, 0) is 23.3 Å². The number of aliphatic carboxylic acids is 1. The molecule has 0 spiro atoms. The van der Waals surface area contributed by atoms with Crippen molar-refractivity contribution in [1.29, 1.82) is 0 Å². The van der Waals surface area contributed by atoms with Crippen molar-refractivity contribution in [3.8, 4) is 0 Å². The fourth-order valence-electron chi connectivity index (χ4n) is 2.47. The second-order valence-electron chi connectivity index (χ2n) is 5.61. The lowest BCUT2D eigenvalue weighted by atomic mass is 9.80. The summed E-state index contributed by atoms with van der Waals surface area (Å²) >= 11 is 0. The number of carboxylic acids is 1. The van der Waals surface area contributed by atoms with Gasteiger partial charge in [-0.15, -0.1) is 0 Å². The summed E-state index contributed by atoms with van der Waals surface area (Å²) in [5, 5.41) is 8.94. The van der Waals surface area contributed by atoms with Crippen LogP contribution in [0.2, 0.25) is 0 Å². The molecular weight excluding hydrogens is 214 g/mol. The number of nitrogens with zero attached hydrogens (tertiary/aromatic N) is 1. The van der Waals surface area contributed by atoms with Crippen LogP contribution in [-0.4, -0.2) is 23.0 Å². The topological polar surface area (TPSA) is 40.5 Å². The number of carbonyl (C=O) groups is 1. The Morgan fingerprint density at radius 3 is 2.65 bits per heavy atom. The maximum atomic E-state index is 10.9. The van der Waals surface area contributed by atoms with Crippen molar-refractivity contribution in [2.24, 2.45) is 0 Å². The van der Waals surface area contributed by atoms with E-state index in [-0.39, 0.29) is 11.8 Å². The normalized spacial score (nSPS) is 15.9. The monoisotopic (exact) mass is 233 g/mol. The van der Waals surface area contributed by atoms with Crippen LogP contribution in [0.1, 0.15) is 37.0 Å². The maximum absolute atomic E-state index is 10.9. The molecule has 17 heavy (non-hydrogen) atoms. The van der Waals surface area contributed by atoms with Gasteiger partial charge in [-0.05, 0) is 23.7 Å². The molecule has 0 unspecified atom stereocenters. The molecule has 3 nitrogen and oxygen atoms in total. The van der Waals surface area contributed by atoms with Gasteiger partial charge in [-0.2, -0.15) is 0 Å². The first kappa shape index (κ1) is 12.1. The Balaban J connectivity index is 2.29. The molecular formula is C14H19NO2. The van der Waals surface area contributed by atoms with E-state index < -0.39 is 5.97 Å². The molecule has 0 fully saturated rings. The number of carboxylic acid groups (broad SMARTS) is 1. The van der Waals surface area contributed by atoms with Gasteiger partial charge in [0.05, 0.1) is 6.42 Å². The molecule has 0 saturated heterocycles. The van der Waals surface area contributed by atoms with E-state index in [1.54, 1.807) is 0 Å². The molecule has 0 atom stereocenters. The predicted octanol–water partition coefficient (Wildman–Crippen LogP) is 2.38. The third-order valence-electron chi connectivity index (χ3n) is 3.46. The highest BCUT2D eigenvalue weighted by Crippen LogP contribution is 2.31. The molecule has 92 valence electrons. The molecule has 0 aliphatic carbocycles. The van der Waals surface area contributed by atoms with Crippen LogP contribution in [0.25, 0.3) is 0 Å². The lowest BCUT2D eigenvalue weighted by molar-refractivity contribution is -0.138. The molecule has 1 aromatic carbocycles. The van der Waals surface area contributed by atoms with Crippen LogP contribution in [0.5, 0.6) is 0 Å². The van der Waals surface area contributed by atoms with E-state index in [0.29, 0.717) is 0 Å². The molecule has 1 aliphatic heterocycles. The summed E-state index contributed by atoms with van der Waals surface area (Å²) in [4.78, 5) is 13.1. The fourth-order valence-corrected chi connectivity index (χ4v) is 2.47. The van der Waals surface area contributed by atoms with Crippen molar-refractivity contribution < 1.29 is 9.90 Å². The SMILES string of the molecule is CN1Cc2ccc(C(C)(C)CC(=O)O)cc2C1. The first-order valence-corrected chi connectivity index (χ1v) is 5.91. The second-order valence-corrected chi connectivity index (χ2v) is 5.61. The molecule has 3 heteroatoms. The Morgan fingerprint density at radius 2 is 2.00 bits per heavy atom. The summed E-state index contributed by atoms with van der Waals surface area (Å²) in [6.45, 7) is 5.93. The van der Waals surface area contributed by atoms with Crippen LogP contribution in [0.3, 0.4) is 0 Å². The Bertz CT molecular complexity index is 452. The lowest BCUT2D eigenvalue weighted by Gasteiger charge is -2.23. The lowest BCUT2D eigenvalue weighted by Crippen LogP contribution is -2.21. The van der Waals surface area contributed by atoms with Gasteiger partial charge in [0.25, 0.3) is 0 Å². The Kier molecular flexibility index (Phi) is 2.96. The quantitative estimate of drug-likeness (QED) is 0.871.